The lowest BCUT2D eigenvalue weighted by Gasteiger charge is -2.15. The molecule has 0 aliphatic carbocycles. The van der Waals surface area contributed by atoms with Gasteiger partial charge in [-0.25, -0.2) is 8.42 Å². The van der Waals surface area contributed by atoms with E-state index in [0.717, 1.165) is 12.1 Å². The third-order valence-electron chi connectivity index (χ3n) is 2.43. The highest BCUT2D eigenvalue weighted by molar-refractivity contribution is 7.89. The second kappa shape index (κ2) is 7.32. The maximum Gasteiger partial charge on any atom is 0.387 e. The molecule has 0 heterocycles. The number of alkyl halides is 2. The summed E-state index contributed by atoms with van der Waals surface area (Å²) >= 11 is 0. The maximum atomic E-state index is 12.3. The molecule has 0 saturated carbocycles. The van der Waals surface area contributed by atoms with Gasteiger partial charge in [0.2, 0.25) is 15.9 Å². The number of likely N-dealkylation sites (N-methyl/N-ethyl adjacent to an activating group) is 1. The molecule has 0 radical (unpaired) electrons. The van der Waals surface area contributed by atoms with E-state index in [1.165, 1.54) is 19.1 Å². The van der Waals surface area contributed by atoms with Crippen molar-refractivity contribution in [3.63, 3.8) is 0 Å². The lowest BCUT2D eigenvalue weighted by Crippen LogP contribution is -2.44. The number of ether oxygens (including phenoxy) is 1. The van der Waals surface area contributed by atoms with Crippen LogP contribution in [0.25, 0.3) is 0 Å². The molecule has 21 heavy (non-hydrogen) atoms. The van der Waals surface area contributed by atoms with E-state index in [1.54, 1.807) is 6.92 Å². The van der Waals surface area contributed by atoms with Crippen LogP contribution >= 0.6 is 0 Å². The van der Waals surface area contributed by atoms with Gasteiger partial charge in [-0.3, -0.25) is 4.79 Å². The Morgan fingerprint density at radius 1 is 1.33 bits per heavy atom. The van der Waals surface area contributed by atoms with Crippen molar-refractivity contribution in [1.29, 1.82) is 0 Å². The molecule has 9 heteroatoms. The van der Waals surface area contributed by atoms with E-state index in [9.17, 15) is 22.0 Å². The van der Waals surface area contributed by atoms with Crippen molar-refractivity contribution < 1.29 is 26.7 Å². The molecular formula is C12H16F2N2O4S. The van der Waals surface area contributed by atoms with Gasteiger partial charge in [0, 0.05) is 6.54 Å². The molecule has 0 aliphatic rings. The predicted molar refractivity (Wildman–Crippen MR) is 71.5 cm³/mol. The molecule has 1 amide bonds. The Balaban J connectivity index is 3.00. The van der Waals surface area contributed by atoms with Crippen LogP contribution in [0.15, 0.2) is 29.2 Å². The number of hydrogen-bond donors (Lipinski definition) is 2. The number of nitrogens with one attached hydrogen (secondary N) is 2. The molecule has 2 N–H and O–H groups in total. The smallest absolute Gasteiger partial charge is 0.387 e. The summed E-state index contributed by atoms with van der Waals surface area (Å²) < 4.78 is 55.1. The average Bonchev–Trinajstić information content (AvgIpc) is 2.38. The first-order chi connectivity index (χ1) is 9.77. The maximum absolute atomic E-state index is 12.3. The second-order valence-corrected chi connectivity index (χ2v) is 5.75. The van der Waals surface area contributed by atoms with Gasteiger partial charge in [0.25, 0.3) is 0 Å². The molecule has 118 valence electrons. The zero-order valence-electron chi connectivity index (χ0n) is 11.5. The van der Waals surface area contributed by atoms with Gasteiger partial charge in [0.1, 0.15) is 10.6 Å². The van der Waals surface area contributed by atoms with E-state index in [2.05, 4.69) is 14.8 Å². The number of sulfonamides is 1. The molecule has 1 unspecified atom stereocenters. The minimum Gasteiger partial charge on any atom is -0.433 e. The van der Waals surface area contributed by atoms with Crippen molar-refractivity contribution in [2.24, 2.45) is 0 Å². The van der Waals surface area contributed by atoms with Crippen LogP contribution in [0.3, 0.4) is 0 Å². The van der Waals surface area contributed by atoms with Crippen LogP contribution in [0.2, 0.25) is 0 Å². The number of amides is 1. The minimum atomic E-state index is -4.17. The molecule has 1 rings (SSSR count). The van der Waals surface area contributed by atoms with E-state index in [0.29, 0.717) is 6.54 Å². The molecule has 0 fully saturated rings. The number of carbonyl (C=O) groups is 1. The predicted octanol–water partition coefficient (Wildman–Crippen LogP) is 1.09. The highest BCUT2D eigenvalue weighted by atomic mass is 32.2. The Morgan fingerprint density at radius 2 is 1.95 bits per heavy atom. The zero-order valence-corrected chi connectivity index (χ0v) is 12.3. The van der Waals surface area contributed by atoms with E-state index in [4.69, 9.17) is 0 Å². The van der Waals surface area contributed by atoms with E-state index >= 15 is 0 Å². The van der Waals surface area contributed by atoms with Gasteiger partial charge in [-0.2, -0.15) is 13.5 Å². The van der Waals surface area contributed by atoms with Gasteiger partial charge in [-0.15, -0.1) is 0 Å². The van der Waals surface area contributed by atoms with Crippen molar-refractivity contribution in [2.75, 3.05) is 6.54 Å². The summed E-state index contributed by atoms with van der Waals surface area (Å²) in [5, 5.41) is 2.45. The number of halogens is 2. The standard InChI is InChI=1S/C12H16F2N2O4S/c1-3-15-11(17)8(2)16-21(18,19)10-7-5-4-6-9(10)20-12(13)14/h4-8,12,16H,3H2,1-2H3,(H,15,17). The largest absolute Gasteiger partial charge is 0.433 e. The quantitative estimate of drug-likeness (QED) is 0.787. The first-order valence-corrected chi connectivity index (χ1v) is 7.60. The molecule has 0 aliphatic heterocycles. The van der Waals surface area contributed by atoms with Gasteiger partial charge in [-0.1, -0.05) is 12.1 Å². The summed E-state index contributed by atoms with van der Waals surface area (Å²) in [5.74, 6) is -1.00. The van der Waals surface area contributed by atoms with Gasteiger partial charge < -0.3 is 10.1 Å². The summed E-state index contributed by atoms with van der Waals surface area (Å²) in [6, 6.07) is 3.91. The number of rotatable bonds is 7. The van der Waals surface area contributed by atoms with E-state index in [1.807, 2.05) is 0 Å². The van der Waals surface area contributed by atoms with Crippen molar-refractivity contribution in [2.45, 2.75) is 31.4 Å². The van der Waals surface area contributed by atoms with Crippen LogP contribution in [0.5, 0.6) is 5.75 Å². The Kier molecular flexibility index (Phi) is 6.03. The van der Waals surface area contributed by atoms with Gasteiger partial charge in [0.15, 0.2) is 0 Å². The summed E-state index contributed by atoms with van der Waals surface area (Å²) in [6.07, 6.45) is 0. The van der Waals surface area contributed by atoms with Crippen LogP contribution in [-0.2, 0) is 14.8 Å². The second-order valence-electron chi connectivity index (χ2n) is 4.06. The molecule has 6 nitrogen and oxygen atoms in total. The summed E-state index contributed by atoms with van der Waals surface area (Å²) in [5.41, 5.74) is 0. The monoisotopic (exact) mass is 322 g/mol. The van der Waals surface area contributed by atoms with E-state index in [-0.39, 0.29) is 0 Å². The van der Waals surface area contributed by atoms with Gasteiger partial charge in [0.05, 0.1) is 6.04 Å². The minimum absolute atomic E-state index is 0.343. The van der Waals surface area contributed by atoms with Crippen LogP contribution in [0.1, 0.15) is 13.8 Å². The fourth-order valence-electron chi connectivity index (χ4n) is 1.54. The Bertz CT molecular complexity index is 593. The molecule has 0 bridgehead atoms. The first kappa shape index (κ1) is 17.3. The summed E-state index contributed by atoms with van der Waals surface area (Å²) in [6.45, 7) is 0.224. The van der Waals surface area contributed by atoms with Crippen LogP contribution in [-0.4, -0.2) is 33.5 Å². The van der Waals surface area contributed by atoms with E-state index < -0.39 is 39.2 Å². The van der Waals surface area contributed by atoms with Gasteiger partial charge in [-0.05, 0) is 26.0 Å². The number of hydrogen-bond acceptors (Lipinski definition) is 4. The Hall–Kier alpha value is -1.74. The van der Waals surface area contributed by atoms with Crippen LogP contribution < -0.4 is 14.8 Å². The lowest BCUT2D eigenvalue weighted by molar-refractivity contribution is -0.122. The molecule has 0 aromatic heterocycles. The SMILES string of the molecule is CCNC(=O)C(C)NS(=O)(=O)c1ccccc1OC(F)F. The highest BCUT2D eigenvalue weighted by Crippen LogP contribution is 2.24. The topological polar surface area (TPSA) is 84.5 Å². The highest BCUT2D eigenvalue weighted by Gasteiger charge is 2.25. The number of carbonyl (C=O) groups excluding carboxylic acids is 1. The summed E-state index contributed by atoms with van der Waals surface area (Å²) in [7, 11) is -4.17. The molecular weight excluding hydrogens is 306 g/mol. The molecule has 0 saturated heterocycles. The van der Waals surface area contributed by atoms with Crippen molar-refractivity contribution in [3.8, 4) is 5.75 Å². The Labute approximate surface area is 121 Å². The molecule has 0 spiro atoms. The Morgan fingerprint density at radius 3 is 2.52 bits per heavy atom. The average molecular weight is 322 g/mol. The fourth-order valence-corrected chi connectivity index (χ4v) is 2.88. The third kappa shape index (κ3) is 4.94. The molecule has 1 aromatic rings. The number of para-hydroxylation sites is 1. The van der Waals surface area contributed by atoms with Crippen molar-refractivity contribution >= 4 is 15.9 Å². The zero-order chi connectivity index (χ0) is 16.0. The van der Waals surface area contributed by atoms with Crippen LogP contribution in [0, 0.1) is 0 Å². The van der Waals surface area contributed by atoms with Crippen molar-refractivity contribution in [1.82, 2.24) is 10.0 Å². The lowest BCUT2D eigenvalue weighted by atomic mass is 10.3. The first-order valence-electron chi connectivity index (χ1n) is 6.11. The fraction of sp³-hybridized carbons (Fsp3) is 0.417. The van der Waals surface area contributed by atoms with Crippen LogP contribution in [0.4, 0.5) is 8.78 Å². The number of benzene rings is 1. The summed E-state index contributed by atoms with van der Waals surface area (Å²) in [4.78, 5) is 11.1. The van der Waals surface area contributed by atoms with Gasteiger partial charge >= 0.3 is 6.61 Å². The van der Waals surface area contributed by atoms with Crippen molar-refractivity contribution in [3.05, 3.63) is 24.3 Å². The molecule has 1 aromatic carbocycles. The molecule has 1 atom stereocenters. The third-order valence-corrected chi connectivity index (χ3v) is 4.01. The normalized spacial score (nSPS) is 13.0.